The Balaban J connectivity index is 1.55. The fourth-order valence-corrected chi connectivity index (χ4v) is 3.41. The molecule has 8 nitrogen and oxygen atoms in total. The largest absolute Gasteiger partial charge is 0.573 e. The summed E-state index contributed by atoms with van der Waals surface area (Å²) in [6.45, 7) is 0.157. The van der Waals surface area contributed by atoms with Gasteiger partial charge < -0.3 is 24.3 Å². The fraction of sp³-hybridized carbons (Fsp3) is 0.125. The molecule has 0 radical (unpaired) electrons. The van der Waals surface area contributed by atoms with Crippen LogP contribution < -0.4 is 14.8 Å². The lowest BCUT2D eigenvalue weighted by atomic mass is 9.97. The molecule has 0 aliphatic heterocycles. The maximum absolute atomic E-state index is 12.4. The molecule has 2 aromatic heterocycles. The number of furan rings is 1. The van der Waals surface area contributed by atoms with Crippen LogP contribution in [0.1, 0.15) is 15.9 Å². The van der Waals surface area contributed by atoms with E-state index in [1.165, 1.54) is 56.3 Å². The minimum Gasteiger partial charge on any atom is -0.495 e. The molecule has 4 rings (SSSR count). The number of benzene rings is 2. The van der Waals surface area contributed by atoms with Gasteiger partial charge in [-0.3, -0.25) is 0 Å². The molecule has 0 saturated carbocycles. The second-order valence-corrected chi connectivity index (χ2v) is 7.27. The fourth-order valence-electron chi connectivity index (χ4n) is 3.41. The molecule has 0 atom stereocenters. The lowest BCUT2D eigenvalue weighted by Crippen LogP contribution is -2.17. The third-order valence-corrected chi connectivity index (χ3v) is 4.92. The van der Waals surface area contributed by atoms with Crippen molar-refractivity contribution in [2.75, 3.05) is 12.4 Å². The number of ether oxygens (including phenoxy) is 2. The Hall–Kier alpha value is -4.54. The van der Waals surface area contributed by atoms with Crippen molar-refractivity contribution in [3.05, 3.63) is 78.5 Å². The van der Waals surface area contributed by atoms with Gasteiger partial charge in [0, 0.05) is 35.6 Å². The topological polar surface area (TPSA) is 107 Å². The highest BCUT2D eigenvalue weighted by molar-refractivity contribution is 5.96. The normalized spacial score (nSPS) is 11.2. The van der Waals surface area contributed by atoms with Gasteiger partial charge in [-0.25, -0.2) is 14.8 Å². The molecule has 0 saturated heterocycles. The monoisotopic (exact) mass is 485 g/mol. The van der Waals surface area contributed by atoms with E-state index >= 15 is 0 Å². The van der Waals surface area contributed by atoms with E-state index in [-0.39, 0.29) is 29.6 Å². The van der Waals surface area contributed by atoms with Crippen molar-refractivity contribution >= 4 is 11.9 Å². The molecule has 2 aromatic carbocycles. The number of carboxylic acid groups (broad SMARTS) is 1. The second-order valence-electron chi connectivity index (χ2n) is 7.27. The second kappa shape index (κ2) is 9.75. The predicted molar refractivity (Wildman–Crippen MR) is 119 cm³/mol. The van der Waals surface area contributed by atoms with Gasteiger partial charge in [-0.2, -0.15) is 0 Å². The van der Waals surface area contributed by atoms with Crippen LogP contribution in [0, 0.1) is 0 Å². The summed E-state index contributed by atoms with van der Waals surface area (Å²) in [7, 11) is 1.39. The molecule has 11 heteroatoms. The average molecular weight is 485 g/mol. The van der Waals surface area contributed by atoms with Crippen LogP contribution in [0.25, 0.3) is 22.3 Å². The first-order valence-corrected chi connectivity index (χ1v) is 10.1. The van der Waals surface area contributed by atoms with Crippen LogP contribution in [0.4, 0.5) is 19.1 Å². The van der Waals surface area contributed by atoms with Gasteiger partial charge >= 0.3 is 12.3 Å². The molecule has 4 aromatic rings. The number of halogens is 3. The van der Waals surface area contributed by atoms with Crippen LogP contribution in [0.2, 0.25) is 0 Å². The van der Waals surface area contributed by atoms with Crippen LogP contribution in [-0.2, 0) is 6.54 Å². The molecule has 35 heavy (non-hydrogen) atoms. The number of methoxy groups -OCH3 is 1. The van der Waals surface area contributed by atoms with Crippen LogP contribution in [0.5, 0.6) is 11.5 Å². The van der Waals surface area contributed by atoms with Crippen molar-refractivity contribution in [3.63, 3.8) is 0 Å². The molecule has 0 aliphatic rings. The molecular formula is C24H18F3N3O5. The minimum atomic E-state index is -4.77. The van der Waals surface area contributed by atoms with Crippen molar-refractivity contribution in [1.82, 2.24) is 9.97 Å². The molecule has 0 bridgehead atoms. The Morgan fingerprint density at radius 3 is 2.49 bits per heavy atom. The average Bonchev–Trinajstić information content (AvgIpc) is 3.36. The van der Waals surface area contributed by atoms with Crippen molar-refractivity contribution < 1.29 is 37.0 Å². The molecule has 2 N–H and O–H groups in total. The number of nitrogens with zero attached hydrogens (tertiary/aromatic N) is 2. The van der Waals surface area contributed by atoms with E-state index in [0.29, 0.717) is 27.8 Å². The van der Waals surface area contributed by atoms with E-state index in [9.17, 15) is 23.1 Å². The Morgan fingerprint density at radius 1 is 1.09 bits per heavy atom. The minimum absolute atomic E-state index is 0.0376. The zero-order valence-electron chi connectivity index (χ0n) is 18.2. The van der Waals surface area contributed by atoms with Crippen molar-refractivity contribution in [2.24, 2.45) is 0 Å². The number of rotatable bonds is 8. The summed E-state index contributed by atoms with van der Waals surface area (Å²) in [6.07, 6.45) is 1.18. The van der Waals surface area contributed by atoms with Gasteiger partial charge in [0.05, 0.1) is 19.6 Å². The third kappa shape index (κ3) is 5.69. The molecule has 180 valence electrons. The van der Waals surface area contributed by atoms with Gasteiger partial charge in [-0.1, -0.05) is 12.1 Å². The molecule has 0 fully saturated rings. The standard InChI is InChI=1S/C24H18F3N3O5/c1-33-21-19(15-5-6-34-13-15)8-16(9-20(21)22(31)32)17-11-29-23(30-12-17)28-10-14-3-2-4-18(7-14)35-24(25,26)27/h2-9,11-13H,10H2,1H3,(H,31,32)(H,28,29,30). The number of carboxylic acids is 1. The lowest BCUT2D eigenvalue weighted by Gasteiger charge is -2.13. The number of alkyl halides is 3. The summed E-state index contributed by atoms with van der Waals surface area (Å²) in [6, 6.07) is 10.4. The highest BCUT2D eigenvalue weighted by atomic mass is 19.4. The number of hydrogen-bond donors (Lipinski definition) is 2. The van der Waals surface area contributed by atoms with Gasteiger partial charge in [-0.05, 0) is 41.5 Å². The molecule has 2 heterocycles. The number of hydrogen-bond acceptors (Lipinski definition) is 7. The Labute approximate surface area is 197 Å². The van der Waals surface area contributed by atoms with Crippen LogP contribution >= 0.6 is 0 Å². The SMILES string of the molecule is COc1c(C(=O)O)cc(-c2cnc(NCc3cccc(OC(F)(F)F)c3)nc2)cc1-c1ccoc1. The first-order valence-electron chi connectivity index (χ1n) is 10.1. The Bertz CT molecular complexity index is 1320. The Kier molecular flexibility index (Phi) is 6.58. The van der Waals surface area contributed by atoms with E-state index in [1.807, 2.05) is 0 Å². The van der Waals surface area contributed by atoms with Crippen molar-refractivity contribution in [3.8, 4) is 33.8 Å². The van der Waals surface area contributed by atoms with Crippen molar-refractivity contribution in [2.45, 2.75) is 12.9 Å². The Morgan fingerprint density at radius 2 is 1.86 bits per heavy atom. The number of carbonyl (C=O) groups is 1. The van der Waals surface area contributed by atoms with Gasteiger partial charge in [0.2, 0.25) is 5.95 Å². The zero-order chi connectivity index (χ0) is 25.0. The number of aromatic nitrogens is 2. The van der Waals surface area contributed by atoms with Gasteiger partial charge in [0.1, 0.15) is 17.1 Å². The summed E-state index contributed by atoms with van der Waals surface area (Å²) in [5, 5.41) is 12.6. The smallest absolute Gasteiger partial charge is 0.495 e. The maximum Gasteiger partial charge on any atom is 0.573 e. The van der Waals surface area contributed by atoms with E-state index in [1.54, 1.807) is 18.2 Å². The number of anilines is 1. The summed E-state index contributed by atoms with van der Waals surface area (Å²) < 4.78 is 51.6. The molecule has 0 aliphatic carbocycles. The van der Waals surface area contributed by atoms with Crippen LogP contribution in [-0.4, -0.2) is 34.5 Å². The van der Waals surface area contributed by atoms with Crippen LogP contribution in [0.15, 0.2) is 71.8 Å². The molecule has 0 amide bonds. The van der Waals surface area contributed by atoms with E-state index in [0.717, 1.165) is 0 Å². The number of aromatic carboxylic acids is 1. The third-order valence-electron chi connectivity index (χ3n) is 4.92. The highest BCUT2D eigenvalue weighted by Gasteiger charge is 2.31. The van der Waals surface area contributed by atoms with Gasteiger partial charge in [-0.15, -0.1) is 13.2 Å². The predicted octanol–water partition coefficient (Wildman–Crippen LogP) is 5.62. The van der Waals surface area contributed by atoms with E-state index in [2.05, 4.69) is 20.0 Å². The van der Waals surface area contributed by atoms with Gasteiger partial charge in [0.25, 0.3) is 0 Å². The summed E-state index contributed by atoms with van der Waals surface area (Å²) in [4.78, 5) is 20.3. The quantitative estimate of drug-likeness (QED) is 0.331. The number of nitrogens with one attached hydrogen (secondary N) is 1. The zero-order valence-corrected chi connectivity index (χ0v) is 18.2. The first-order chi connectivity index (χ1) is 16.7. The van der Waals surface area contributed by atoms with Crippen molar-refractivity contribution in [1.29, 1.82) is 0 Å². The molecule has 0 unspecified atom stereocenters. The van der Waals surface area contributed by atoms with Crippen LogP contribution in [0.3, 0.4) is 0 Å². The van der Waals surface area contributed by atoms with Gasteiger partial charge in [0.15, 0.2) is 0 Å². The first kappa shape index (κ1) is 23.6. The molecular weight excluding hydrogens is 467 g/mol. The highest BCUT2D eigenvalue weighted by Crippen LogP contribution is 2.37. The maximum atomic E-state index is 12.4. The molecule has 0 spiro atoms. The summed E-state index contributed by atoms with van der Waals surface area (Å²) >= 11 is 0. The van der Waals surface area contributed by atoms with E-state index < -0.39 is 12.3 Å². The van der Waals surface area contributed by atoms with E-state index in [4.69, 9.17) is 9.15 Å². The summed E-state index contributed by atoms with van der Waals surface area (Å²) in [5.74, 6) is -1.06. The summed E-state index contributed by atoms with van der Waals surface area (Å²) in [5.41, 5.74) is 2.75. The lowest BCUT2D eigenvalue weighted by molar-refractivity contribution is -0.274.